The van der Waals surface area contributed by atoms with Crippen molar-refractivity contribution in [1.29, 1.82) is 0 Å². The van der Waals surface area contributed by atoms with Crippen LogP contribution >= 0.6 is 11.6 Å². The monoisotopic (exact) mass is 615 g/mol. The van der Waals surface area contributed by atoms with E-state index >= 15 is 0 Å². The number of aryl methyl sites for hydroxylation is 1. The summed E-state index contributed by atoms with van der Waals surface area (Å²) in [7, 11) is -1.41. The highest BCUT2D eigenvalue weighted by atomic mass is 35.5. The van der Waals surface area contributed by atoms with Gasteiger partial charge in [-0.05, 0) is 76.6 Å². The molecule has 9 nitrogen and oxygen atoms in total. The second-order valence-corrected chi connectivity index (χ2v) is 13.2. The molecule has 0 bridgehead atoms. The summed E-state index contributed by atoms with van der Waals surface area (Å²) in [6.45, 7) is 8.42. The fourth-order valence-corrected chi connectivity index (χ4v) is 5.73. The molecule has 42 heavy (non-hydrogen) atoms. The molecule has 1 N–H and O–H groups in total. The zero-order valence-electron chi connectivity index (χ0n) is 25.0. The molecule has 0 aromatic heterocycles. The van der Waals surface area contributed by atoms with Crippen molar-refractivity contribution in [3.63, 3.8) is 0 Å². The number of hydrogen-bond acceptors (Lipinski definition) is 6. The maximum Gasteiger partial charge on any atom is 0.264 e. The first-order chi connectivity index (χ1) is 19.7. The maximum atomic E-state index is 14.1. The molecular formula is C31H38ClN3O6S. The van der Waals surface area contributed by atoms with Gasteiger partial charge in [-0.3, -0.25) is 13.9 Å². The molecule has 0 aliphatic carbocycles. The standard InChI is InChI=1S/C31H38ClN3O6S/c1-21-8-15-26(16-9-21)42(38,39)35(27-18-25(40-6)14-17-28(27)41-7)20-29(36)34(19-23-10-12-24(32)13-11-23)22(2)30(37)33-31(3,4)5/h8-18,22H,19-20H2,1-7H3,(H,33,37). The van der Waals surface area contributed by atoms with E-state index in [-0.39, 0.29) is 28.8 Å². The molecule has 226 valence electrons. The molecule has 3 aromatic rings. The number of halogens is 1. The minimum absolute atomic E-state index is 0.00597. The van der Waals surface area contributed by atoms with Gasteiger partial charge in [-0.15, -0.1) is 0 Å². The van der Waals surface area contributed by atoms with Gasteiger partial charge in [0.1, 0.15) is 24.1 Å². The van der Waals surface area contributed by atoms with E-state index in [0.717, 1.165) is 15.4 Å². The SMILES string of the molecule is COc1ccc(OC)c(N(CC(=O)N(Cc2ccc(Cl)cc2)C(C)C(=O)NC(C)(C)C)S(=O)(=O)c2ccc(C)cc2)c1. The van der Waals surface area contributed by atoms with E-state index in [2.05, 4.69) is 5.32 Å². The van der Waals surface area contributed by atoms with Crippen molar-refractivity contribution in [2.24, 2.45) is 0 Å². The van der Waals surface area contributed by atoms with Crippen molar-refractivity contribution in [2.75, 3.05) is 25.1 Å². The van der Waals surface area contributed by atoms with Crippen molar-refractivity contribution in [2.45, 2.75) is 57.6 Å². The van der Waals surface area contributed by atoms with Crippen molar-refractivity contribution in [3.8, 4) is 11.5 Å². The maximum absolute atomic E-state index is 14.1. The molecule has 0 saturated heterocycles. The number of nitrogens with zero attached hydrogens (tertiary/aromatic N) is 2. The third-order valence-corrected chi connectivity index (χ3v) is 8.50. The number of nitrogens with one attached hydrogen (secondary N) is 1. The van der Waals surface area contributed by atoms with Gasteiger partial charge in [0.05, 0.1) is 24.8 Å². The molecular weight excluding hydrogens is 578 g/mol. The molecule has 0 saturated carbocycles. The Morgan fingerprint density at radius 3 is 2.12 bits per heavy atom. The third kappa shape index (κ3) is 8.17. The molecule has 1 unspecified atom stereocenters. The molecule has 0 spiro atoms. The highest BCUT2D eigenvalue weighted by molar-refractivity contribution is 7.92. The Balaban J connectivity index is 2.12. The number of carbonyl (C=O) groups is 2. The van der Waals surface area contributed by atoms with Crippen LogP contribution in [0.25, 0.3) is 0 Å². The Bertz CT molecular complexity index is 1500. The van der Waals surface area contributed by atoms with Crippen LogP contribution in [0.2, 0.25) is 5.02 Å². The van der Waals surface area contributed by atoms with Gasteiger partial charge >= 0.3 is 0 Å². The summed E-state index contributed by atoms with van der Waals surface area (Å²) in [6.07, 6.45) is 0. The van der Waals surface area contributed by atoms with Gasteiger partial charge < -0.3 is 19.7 Å². The number of anilines is 1. The van der Waals surface area contributed by atoms with Crippen LogP contribution in [0.4, 0.5) is 5.69 Å². The predicted octanol–water partition coefficient (Wildman–Crippen LogP) is 5.19. The van der Waals surface area contributed by atoms with Crippen LogP contribution in [0.15, 0.2) is 71.6 Å². The van der Waals surface area contributed by atoms with Crippen molar-refractivity contribution < 1.29 is 27.5 Å². The van der Waals surface area contributed by atoms with Crippen molar-refractivity contribution in [1.82, 2.24) is 10.2 Å². The minimum Gasteiger partial charge on any atom is -0.497 e. The van der Waals surface area contributed by atoms with Crippen LogP contribution in [-0.4, -0.2) is 57.5 Å². The lowest BCUT2D eigenvalue weighted by Crippen LogP contribution is -2.54. The van der Waals surface area contributed by atoms with E-state index in [1.807, 2.05) is 27.7 Å². The Kier molecular flexibility index (Phi) is 10.5. The number of carbonyl (C=O) groups excluding carboxylic acids is 2. The summed E-state index contributed by atoms with van der Waals surface area (Å²) >= 11 is 6.06. The summed E-state index contributed by atoms with van der Waals surface area (Å²) in [4.78, 5) is 28.7. The Morgan fingerprint density at radius 2 is 1.57 bits per heavy atom. The molecule has 0 aliphatic heterocycles. The first-order valence-electron chi connectivity index (χ1n) is 13.3. The zero-order valence-corrected chi connectivity index (χ0v) is 26.5. The fourth-order valence-electron chi connectivity index (χ4n) is 4.19. The molecule has 0 fully saturated rings. The zero-order chi connectivity index (χ0) is 31.2. The summed E-state index contributed by atoms with van der Waals surface area (Å²) in [5.74, 6) is -0.376. The van der Waals surface area contributed by atoms with Crippen LogP contribution in [0.5, 0.6) is 11.5 Å². The van der Waals surface area contributed by atoms with Crippen LogP contribution in [-0.2, 0) is 26.2 Å². The van der Waals surface area contributed by atoms with Crippen LogP contribution in [0.3, 0.4) is 0 Å². The fraction of sp³-hybridized carbons (Fsp3) is 0.355. The normalized spacial score (nSPS) is 12.3. The summed E-state index contributed by atoms with van der Waals surface area (Å²) in [5, 5.41) is 3.43. The lowest BCUT2D eigenvalue weighted by molar-refractivity contribution is -0.140. The average molecular weight is 616 g/mol. The van der Waals surface area contributed by atoms with Gasteiger partial charge in [0.15, 0.2) is 0 Å². The van der Waals surface area contributed by atoms with Gasteiger partial charge in [-0.25, -0.2) is 8.42 Å². The van der Waals surface area contributed by atoms with Crippen LogP contribution in [0, 0.1) is 6.92 Å². The largest absolute Gasteiger partial charge is 0.497 e. The highest BCUT2D eigenvalue weighted by Crippen LogP contribution is 2.36. The van der Waals surface area contributed by atoms with Gasteiger partial charge in [0, 0.05) is 23.2 Å². The van der Waals surface area contributed by atoms with E-state index in [0.29, 0.717) is 10.8 Å². The summed E-state index contributed by atoms with van der Waals surface area (Å²) in [5.41, 5.74) is 1.16. The Labute approximate surface area is 253 Å². The number of amides is 2. The predicted molar refractivity (Wildman–Crippen MR) is 165 cm³/mol. The number of benzene rings is 3. The molecule has 0 aliphatic rings. The topological polar surface area (TPSA) is 105 Å². The van der Waals surface area contributed by atoms with Gasteiger partial charge in [-0.2, -0.15) is 0 Å². The first kappa shape index (κ1) is 32.8. The lowest BCUT2D eigenvalue weighted by Gasteiger charge is -2.33. The average Bonchev–Trinajstić information content (AvgIpc) is 2.94. The minimum atomic E-state index is -4.28. The lowest BCUT2D eigenvalue weighted by atomic mass is 10.1. The first-order valence-corrected chi connectivity index (χ1v) is 15.2. The quantitative estimate of drug-likeness (QED) is 0.318. The number of rotatable bonds is 11. The van der Waals surface area contributed by atoms with E-state index in [9.17, 15) is 18.0 Å². The molecule has 11 heteroatoms. The van der Waals surface area contributed by atoms with E-state index < -0.39 is 34.1 Å². The number of hydrogen-bond donors (Lipinski definition) is 1. The summed E-state index contributed by atoms with van der Waals surface area (Å²) in [6, 6.07) is 17.0. The molecule has 0 radical (unpaired) electrons. The molecule has 3 aromatic carbocycles. The number of sulfonamides is 1. The third-order valence-electron chi connectivity index (χ3n) is 6.47. The highest BCUT2D eigenvalue weighted by Gasteiger charge is 2.34. The molecule has 0 heterocycles. The van der Waals surface area contributed by atoms with E-state index in [1.54, 1.807) is 55.5 Å². The Hall–Kier alpha value is -3.76. The van der Waals surface area contributed by atoms with Crippen molar-refractivity contribution >= 4 is 39.1 Å². The second-order valence-electron chi connectivity index (χ2n) is 10.9. The molecule has 3 rings (SSSR count). The van der Waals surface area contributed by atoms with Crippen molar-refractivity contribution in [3.05, 3.63) is 82.9 Å². The van der Waals surface area contributed by atoms with Gasteiger partial charge in [0.2, 0.25) is 11.8 Å². The van der Waals surface area contributed by atoms with Gasteiger partial charge in [-0.1, -0.05) is 41.4 Å². The van der Waals surface area contributed by atoms with Crippen LogP contribution < -0.4 is 19.1 Å². The Morgan fingerprint density at radius 1 is 0.952 bits per heavy atom. The smallest absolute Gasteiger partial charge is 0.264 e. The van der Waals surface area contributed by atoms with Gasteiger partial charge in [0.25, 0.3) is 10.0 Å². The number of methoxy groups -OCH3 is 2. The van der Waals surface area contributed by atoms with E-state index in [1.165, 1.54) is 37.3 Å². The van der Waals surface area contributed by atoms with Crippen LogP contribution in [0.1, 0.15) is 38.8 Å². The van der Waals surface area contributed by atoms with E-state index in [4.69, 9.17) is 21.1 Å². The molecule has 2 amide bonds. The second kappa shape index (κ2) is 13.5. The molecule has 1 atom stereocenters. The number of ether oxygens (including phenoxy) is 2. The summed E-state index contributed by atoms with van der Waals surface area (Å²) < 4.78 is 40.1.